The Morgan fingerprint density at radius 3 is 2.64 bits per heavy atom. The summed E-state index contributed by atoms with van der Waals surface area (Å²) in [6.45, 7) is 2.21. The van der Waals surface area contributed by atoms with Crippen LogP contribution in [0.5, 0.6) is 0 Å². The standard InChI is InChI=1S/C12H22O2/c1-3-4-5-6-9-12(14-2)10-7-8-11-13/h7-8,11-12H,3-6,9-10H2,1-2H3/b8-7+. The van der Waals surface area contributed by atoms with Crippen LogP contribution in [0, 0.1) is 0 Å². The van der Waals surface area contributed by atoms with Gasteiger partial charge >= 0.3 is 0 Å². The minimum atomic E-state index is 0.281. The predicted octanol–water partition coefficient (Wildman–Crippen LogP) is 3.12. The van der Waals surface area contributed by atoms with Gasteiger partial charge in [0.05, 0.1) is 6.10 Å². The summed E-state index contributed by atoms with van der Waals surface area (Å²) >= 11 is 0. The second-order valence-corrected chi connectivity index (χ2v) is 3.51. The molecular formula is C12H22O2. The van der Waals surface area contributed by atoms with Crippen LogP contribution in [0.3, 0.4) is 0 Å². The number of rotatable bonds is 9. The van der Waals surface area contributed by atoms with Gasteiger partial charge in [0.1, 0.15) is 6.29 Å². The Balaban J connectivity index is 3.47. The summed E-state index contributed by atoms with van der Waals surface area (Å²) in [7, 11) is 1.74. The Hall–Kier alpha value is -0.630. The van der Waals surface area contributed by atoms with Gasteiger partial charge in [-0.25, -0.2) is 0 Å². The minimum absolute atomic E-state index is 0.281. The van der Waals surface area contributed by atoms with E-state index in [1.807, 2.05) is 6.08 Å². The van der Waals surface area contributed by atoms with Crippen LogP contribution in [0.2, 0.25) is 0 Å². The molecule has 0 radical (unpaired) electrons. The second kappa shape index (κ2) is 10.5. The minimum Gasteiger partial charge on any atom is -0.381 e. The smallest absolute Gasteiger partial charge is 0.142 e. The first-order valence-electron chi connectivity index (χ1n) is 5.48. The van der Waals surface area contributed by atoms with Crippen molar-refractivity contribution in [1.82, 2.24) is 0 Å². The van der Waals surface area contributed by atoms with Crippen LogP contribution in [0.15, 0.2) is 12.2 Å². The van der Waals surface area contributed by atoms with E-state index in [1.54, 1.807) is 7.11 Å². The monoisotopic (exact) mass is 198 g/mol. The molecule has 0 N–H and O–H groups in total. The number of methoxy groups -OCH3 is 1. The zero-order chi connectivity index (χ0) is 10.6. The topological polar surface area (TPSA) is 26.3 Å². The van der Waals surface area contributed by atoms with Gasteiger partial charge in [-0.05, 0) is 18.9 Å². The number of hydrogen-bond donors (Lipinski definition) is 0. The van der Waals surface area contributed by atoms with E-state index >= 15 is 0 Å². The van der Waals surface area contributed by atoms with Crippen molar-refractivity contribution in [2.75, 3.05) is 7.11 Å². The molecule has 1 unspecified atom stereocenters. The summed E-state index contributed by atoms with van der Waals surface area (Å²) in [6.07, 6.45) is 11.5. The third-order valence-corrected chi connectivity index (χ3v) is 2.33. The van der Waals surface area contributed by atoms with E-state index in [1.165, 1.54) is 31.8 Å². The fraction of sp³-hybridized carbons (Fsp3) is 0.750. The van der Waals surface area contributed by atoms with Gasteiger partial charge in [-0.3, -0.25) is 4.79 Å². The summed E-state index contributed by atoms with van der Waals surface area (Å²) in [6, 6.07) is 0. The van der Waals surface area contributed by atoms with E-state index in [0.717, 1.165) is 19.1 Å². The molecular weight excluding hydrogens is 176 g/mol. The molecule has 0 aliphatic heterocycles. The average molecular weight is 198 g/mol. The summed E-state index contributed by atoms with van der Waals surface area (Å²) in [5.41, 5.74) is 0. The molecule has 0 aliphatic carbocycles. The lowest BCUT2D eigenvalue weighted by Crippen LogP contribution is -2.08. The predicted molar refractivity (Wildman–Crippen MR) is 59.4 cm³/mol. The van der Waals surface area contributed by atoms with Crippen LogP contribution in [-0.4, -0.2) is 19.5 Å². The van der Waals surface area contributed by atoms with Crippen LogP contribution >= 0.6 is 0 Å². The quantitative estimate of drug-likeness (QED) is 0.323. The molecule has 0 spiro atoms. The summed E-state index contributed by atoms with van der Waals surface area (Å²) in [5.74, 6) is 0. The summed E-state index contributed by atoms with van der Waals surface area (Å²) in [4.78, 5) is 10.0. The van der Waals surface area contributed by atoms with Gasteiger partial charge in [0.25, 0.3) is 0 Å². The molecule has 0 aliphatic rings. The van der Waals surface area contributed by atoms with Crippen molar-refractivity contribution in [1.29, 1.82) is 0 Å². The lowest BCUT2D eigenvalue weighted by atomic mass is 10.1. The van der Waals surface area contributed by atoms with Gasteiger partial charge in [-0.1, -0.05) is 38.7 Å². The van der Waals surface area contributed by atoms with E-state index in [4.69, 9.17) is 4.74 Å². The van der Waals surface area contributed by atoms with E-state index in [9.17, 15) is 4.79 Å². The highest BCUT2D eigenvalue weighted by molar-refractivity contribution is 5.64. The molecule has 0 saturated heterocycles. The molecule has 0 fully saturated rings. The van der Waals surface area contributed by atoms with Crippen molar-refractivity contribution < 1.29 is 9.53 Å². The number of carbonyl (C=O) groups is 1. The van der Waals surface area contributed by atoms with Crippen molar-refractivity contribution in [3.63, 3.8) is 0 Å². The molecule has 0 bridgehead atoms. The first kappa shape index (κ1) is 13.4. The lowest BCUT2D eigenvalue weighted by molar-refractivity contribution is -0.104. The molecule has 0 amide bonds. The van der Waals surface area contributed by atoms with Crippen LogP contribution in [-0.2, 0) is 9.53 Å². The van der Waals surface area contributed by atoms with Gasteiger partial charge < -0.3 is 4.74 Å². The molecule has 14 heavy (non-hydrogen) atoms. The van der Waals surface area contributed by atoms with Crippen molar-refractivity contribution in [2.45, 2.75) is 51.6 Å². The number of allylic oxidation sites excluding steroid dienone is 1. The molecule has 0 aromatic carbocycles. The van der Waals surface area contributed by atoms with Gasteiger partial charge in [-0.2, -0.15) is 0 Å². The largest absolute Gasteiger partial charge is 0.381 e. The number of unbranched alkanes of at least 4 members (excludes halogenated alkanes) is 3. The fourth-order valence-corrected chi connectivity index (χ4v) is 1.42. The molecule has 0 rings (SSSR count). The highest BCUT2D eigenvalue weighted by atomic mass is 16.5. The number of carbonyl (C=O) groups excluding carboxylic acids is 1. The maximum absolute atomic E-state index is 10.0. The SMILES string of the molecule is CCCCCCC(C/C=C/C=O)OC. The van der Waals surface area contributed by atoms with Gasteiger partial charge in [0.2, 0.25) is 0 Å². The maximum Gasteiger partial charge on any atom is 0.142 e. The Labute approximate surface area is 87.3 Å². The molecule has 0 aromatic heterocycles. The Kier molecular flexibility index (Phi) is 9.98. The Bertz CT molecular complexity index is 152. The first-order chi connectivity index (χ1) is 6.85. The maximum atomic E-state index is 10.0. The average Bonchev–Trinajstić information content (AvgIpc) is 2.22. The fourth-order valence-electron chi connectivity index (χ4n) is 1.42. The third-order valence-electron chi connectivity index (χ3n) is 2.33. The van der Waals surface area contributed by atoms with Gasteiger partial charge in [0.15, 0.2) is 0 Å². The number of hydrogen-bond acceptors (Lipinski definition) is 2. The van der Waals surface area contributed by atoms with Crippen LogP contribution < -0.4 is 0 Å². The molecule has 2 heteroatoms. The number of ether oxygens (including phenoxy) is 1. The van der Waals surface area contributed by atoms with E-state index < -0.39 is 0 Å². The van der Waals surface area contributed by atoms with Crippen molar-refractivity contribution >= 4 is 6.29 Å². The van der Waals surface area contributed by atoms with Crippen LogP contribution in [0.25, 0.3) is 0 Å². The molecule has 0 heterocycles. The highest BCUT2D eigenvalue weighted by Crippen LogP contribution is 2.10. The van der Waals surface area contributed by atoms with Crippen molar-refractivity contribution in [3.8, 4) is 0 Å². The van der Waals surface area contributed by atoms with Crippen LogP contribution in [0.4, 0.5) is 0 Å². The Morgan fingerprint density at radius 1 is 1.29 bits per heavy atom. The molecule has 0 aromatic rings. The van der Waals surface area contributed by atoms with Crippen molar-refractivity contribution in [3.05, 3.63) is 12.2 Å². The van der Waals surface area contributed by atoms with Gasteiger partial charge in [0, 0.05) is 7.11 Å². The first-order valence-corrected chi connectivity index (χ1v) is 5.48. The Morgan fingerprint density at radius 2 is 2.07 bits per heavy atom. The summed E-state index contributed by atoms with van der Waals surface area (Å²) in [5, 5.41) is 0. The second-order valence-electron chi connectivity index (χ2n) is 3.51. The van der Waals surface area contributed by atoms with Crippen LogP contribution in [0.1, 0.15) is 45.4 Å². The lowest BCUT2D eigenvalue weighted by Gasteiger charge is -2.12. The van der Waals surface area contributed by atoms with Crippen molar-refractivity contribution in [2.24, 2.45) is 0 Å². The third kappa shape index (κ3) is 7.99. The van der Waals surface area contributed by atoms with E-state index in [-0.39, 0.29) is 6.10 Å². The zero-order valence-electron chi connectivity index (χ0n) is 9.37. The normalized spacial score (nSPS) is 13.3. The molecule has 1 atom stereocenters. The van der Waals surface area contributed by atoms with Gasteiger partial charge in [-0.15, -0.1) is 0 Å². The molecule has 82 valence electrons. The molecule has 2 nitrogen and oxygen atoms in total. The molecule has 0 saturated carbocycles. The van der Waals surface area contributed by atoms with E-state index in [0.29, 0.717) is 0 Å². The zero-order valence-corrected chi connectivity index (χ0v) is 9.37. The summed E-state index contributed by atoms with van der Waals surface area (Å²) < 4.78 is 5.31. The highest BCUT2D eigenvalue weighted by Gasteiger charge is 2.03. The number of aldehydes is 1. The van der Waals surface area contributed by atoms with E-state index in [2.05, 4.69) is 6.92 Å².